The third-order valence-corrected chi connectivity index (χ3v) is 4.42. The Morgan fingerprint density at radius 3 is 2.85 bits per heavy atom. The van der Waals surface area contributed by atoms with Crippen molar-refractivity contribution in [3.05, 3.63) is 54.1 Å². The summed E-state index contributed by atoms with van der Waals surface area (Å²) in [7, 11) is 1.61. The van der Waals surface area contributed by atoms with Crippen LogP contribution in [0.2, 0.25) is 0 Å². The standard InChI is InChI=1S/C21H20N2O4/c1-13(11-25-2)22-21(24)16-10-18(23-17-6-4-3-5-15(16)17)14-7-8-19-20(9-14)27-12-26-19/h3-10,13H,11-12H2,1-2H3,(H,22,24). The highest BCUT2D eigenvalue weighted by Gasteiger charge is 2.18. The third kappa shape index (κ3) is 3.44. The molecule has 0 radical (unpaired) electrons. The number of pyridine rings is 1. The highest BCUT2D eigenvalue weighted by Crippen LogP contribution is 2.36. The molecule has 1 aliphatic rings. The number of carbonyl (C=O) groups is 1. The Kier molecular flexibility index (Phi) is 4.64. The van der Waals surface area contributed by atoms with Crippen molar-refractivity contribution < 1.29 is 19.0 Å². The van der Waals surface area contributed by atoms with E-state index in [9.17, 15) is 4.79 Å². The van der Waals surface area contributed by atoms with E-state index in [1.807, 2.05) is 55.5 Å². The maximum atomic E-state index is 12.9. The van der Waals surface area contributed by atoms with Crippen LogP contribution in [0.1, 0.15) is 17.3 Å². The highest BCUT2D eigenvalue weighted by atomic mass is 16.7. The van der Waals surface area contributed by atoms with Crippen LogP contribution >= 0.6 is 0 Å². The van der Waals surface area contributed by atoms with Crippen LogP contribution in [0.4, 0.5) is 0 Å². The number of benzene rings is 2. The lowest BCUT2D eigenvalue weighted by molar-refractivity contribution is 0.0907. The minimum absolute atomic E-state index is 0.0941. The molecule has 0 saturated carbocycles. The number of methoxy groups -OCH3 is 1. The summed E-state index contributed by atoms with van der Waals surface area (Å²) in [6, 6.07) is 15.0. The SMILES string of the molecule is COCC(C)NC(=O)c1cc(-c2ccc3c(c2)OCO3)nc2ccccc12. The highest BCUT2D eigenvalue weighted by molar-refractivity contribution is 6.07. The van der Waals surface area contributed by atoms with Crippen LogP contribution in [0.5, 0.6) is 11.5 Å². The van der Waals surface area contributed by atoms with Crippen molar-refractivity contribution in [2.45, 2.75) is 13.0 Å². The molecule has 0 bridgehead atoms. The molecule has 6 heteroatoms. The Hall–Kier alpha value is -3.12. The number of aromatic nitrogens is 1. The Balaban J connectivity index is 1.77. The summed E-state index contributed by atoms with van der Waals surface area (Å²) in [4.78, 5) is 17.6. The number of nitrogens with zero attached hydrogens (tertiary/aromatic N) is 1. The number of hydrogen-bond donors (Lipinski definition) is 1. The molecule has 1 amide bonds. The largest absolute Gasteiger partial charge is 0.454 e. The summed E-state index contributed by atoms with van der Waals surface area (Å²) in [5.41, 5.74) is 2.91. The molecule has 0 spiro atoms. The first-order chi connectivity index (χ1) is 13.2. The molecule has 0 fully saturated rings. The van der Waals surface area contributed by atoms with E-state index in [4.69, 9.17) is 19.2 Å². The van der Waals surface area contributed by atoms with Gasteiger partial charge in [0.25, 0.3) is 5.91 Å². The molecule has 2 heterocycles. The van der Waals surface area contributed by atoms with Gasteiger partial charge in [-0.3, -0.25) is 4.79 Å². The summed E-state index contributed by atoms with van der Waals surface area (Å²) in [6.45, 7) is 2.57. The van der Waals surface area contributed by atoms with Crippen LogP contribution in [-0.2, 0) is 4.74 Å². The van der Waals surface area contributed by atoms with E-state index >= 15 is 0 Å². The molecule has 27 heavy (non-hydrogen) atoms. The van der Waals surface area contributed by atoms with Gasteiger partial charge in [0.05, 0.1) is 23.4 Å². The Bertz CT molecular complexity index is 1000. The zero-order chi connectivity index (χ0) is 18.8. The number of nitrogens with one attached hydrogen (secondary N) is 1. The number of carbonyl (C=O) groups excluding carboxylic acids is 1. The predicted octanol–water partition coefficient (Wildman–Crippen LogP) is 3.40. The Morgan fingerprint density at radius 1 is 1.19 bits per heavy atom. The van der Waals surface area contributed by atoms with Gasteiger partial charge in [-0.05, 0) is 37.3 Å². The first-order valence-corrected chi connectivity index (χ1v) is 8.75. The number of hydrogen-bond acceptors (Lipinski definition) is 5. The lowest BCUT2D eigenvalue weighted by Crippen LogP contribution is -2.35. The number of rotatable bonds is 5. The number of amides is 1. The predicted molar refractivity (Wildman–Crippen MR) is 102 cm³/mol. The molecule has 6 nitrogen and oxygen atoms in total. The van der Waals surface area contributed by atoms with Crippen LogP contribution in [-0.4, -0.2) is 37.4 Å². The normalized spacial score (nSPS) is 13.6. The molecule has 1 unspecified atom stereocenters. The van der Waals surface area contributed by atoms with Gasteiger partial charge >= 0.3 is 0 Å². The first kappa shape index (κ1) is 17.3. The molecular weight excluding hydrogens is 344 g/mol. The van der Waals surface area contributed by atoms with Gasteiger partial charge < -0.3 is 19.5 Å². The van der Waals surface area contributed by atoms with Gasteiger partial charge in [0.2, 0.25) is 6.79 Å². The van der Waals surface area contributed by atoms with E-state index in [1.165, 1.54) is 0 Å². The second-order valence-corrected chi connectivity index (χ2v) is 6.47. The van der Waals surface area contributed by atoms with Crippen molar-refractivity contribution in [1.82, 2.24) is 10.3 Å². The van der Waals surface area contributed by atoms with Crippen molar-refractivity contribution in [3.8, 4) is 22.8 Å². The lowest BCUT2D eigenvalue weighted by atomic mass is 10.0. The first-order valence-electron chi connectivity index (χ1n) is 8.75. The molecule has 138 valence electrons. The molecule has 1 N–H and O–H groups in total. The summed E-state index contributed by atoms with van der Waals surface area (Å²) >= 11 is 0. The molecule has 0 saturated heterocycles. The van der Waals surface area contributed by atoms with Gasteiger partial charge in [0.15, 0.2) is 11.5 Å². The molecule has 1 atom stereocenters. The summed E-state index contributed by atoms with van der Waals surface area (Å²) in [6.07, 6.45) is 0. The topological polar surface area (TPSA) is 69.7 Å². The second kappa shape index (κ2) is 7.25. The number of para-hydroxylation sites is 1. The smallest absolute Gasteiger partial charge is 0.252 e. The minimum atomic E-state index is -0.153. The maximum absolute atomic E-state index is 12.9. The van der Waals surface area contributed by atoms with Crippen LogP contribution in [0.25, 0.3) is 22.2 Å². The minimum Gasteiger partial charge on any atom is -0.454 e. The Labute approximate surface area is 157 Å². The molecule has 1 aliphatic heterocycles. The molecule has 4 rings (SSSR count). The molecule has 2 aromatic carbocycles. The van der Waals surface area contributed by atoms with E-state index in [-0.39, 0.29) is 18.7 Å². The van der Waals surface area contributed by atoms with Crippen molar-refractivity contribution in [2.24, 2.45) is 0 Å². The van der Waals surface area contributed by atoms with E-state index in [2.05, 4.69) is 5.32 Å². The molecule has 0 aliphatic carbocycles. The van der Waals surface area contributed by atoms with E-state index in [1.54, 1.807) is 7.11 Å². The van der Waals surface area contributed by atoms with Gasteiger partial charge in [0, 0.05) is 24.1 Å². The van der Waals surface area contributed by atoms with Crippen molar-refractivity contribution >= 4 is 16.8 Å². The second-order valence-electron chi connectivity index (χ2n) is 6.47. The average Bonchev–Trinajstić information content (AvgIpc) is 3.15. The van der Waals surface area contributed by atoms with Gasteiger partial charge in [-0.25, -0.2) is 4.98 Å². The van der Waals surface area contributed by atoms with Crippen LogP contribution in [0, 0.1) is 0 Å². The molecule has 3 aromatic rings. The fourth-order valence-corrected chi connectivity index (χ4v) is 3.16. The van der Waals surface area contributed by atoms with E-state index < -0.39 is 0 Å². The summed E-state index contributed by atoms with van der Waals surface area (Å²) in [5.74, 6) is 1.24. The van der Waals surface area contributed by atoms with Gasteiger partial charge in [-0.2, -0.15) is 0 Å². The lowest BCUT2D eigenvalue weighted by Gasteiger charge is -2.15. The summed E-state index contributed by atoms with van der Waals surface area (Å²) < 4.78 is 15.9. The molecule has 1 aromatic heterocycles. The Morgan fingerprint density at radius 2 is 2.00 bits per heavy atom. The summed E-state index contributed by atoms with van der Waals surface area (Å²) in [5, 5.41) is 3.78. The average molecular weight is 364 g/mol. The van der Waals surface area contributed by atoms with Crippen molar-refractivity contribution in [1.29, 1.82) is 0 Å². The van der Waals surface area contributed by atoms with Gasteiger partial charge in [-0.1, -0.05) is 18.2 Å². The van der Waals surface area contributed by atoms with Crippen molar-refractivity contribution in [2.75, 3.05) is 20.5 Å². The van der Waals surface area contributed by atoms with Crippen molar-refractivity contribution in [3.63, 3.8) is 0 Å². The zero-order valence-corrected chi connectivity index (χ0v) is 15.2. The quantitative estimate of drug-likeness (QED) is 0.751. The number of fused-ring (bicyclic) bond motifs is 2. The zero-order valence-electron chi connectivity index (χ0n) is 15.2. The monoisotopic (exact) mass is 364 g/mol. The van der Waals surface area contributed by atoms with Crippen LogP contribution in [0.3, 0.4) is 0 Å². The van der Waals surface area contributed by atoms with Gasteiger partial charge in [0.1, 0.15) is 0 Å². The maximum Gasteiger partial charge on any atom is 0.252 e. The van der Waals surface area contributed by atoms with Gasteiger partial charge in [-0.15, -0.1) is 0 Å². The van der Waals surface area contributed by atoms with Crippen LogP contribution < -0.4 is 14.8 Å². The molecular formula is C21H20N2O4. The third-order valence-electron chi connectivity index (χ3n) is 4.42. The fourth-order valence-electron chi connectivity index (χ4n) is 3.16. The van der Waals surface area contributed by atoms with E-state index in [0.717, 1.165) is 16.5 Å². The van der Waals surface area contributed by atoms with Crippen LogP contribution in [0.15, 0.2) is 48.5 Å². The van der Waals surface area contributed by atoms with E-state index in [0.29, 0.717) is 29.4 Å². The fraction of sp³-hybridized carbons (Fsp3) is 0.238. The number of ether oxygens (including phenoxy) is 3.